The van der Waals surface area contributed by atoms with Crippen LogP contribution in [-0.4, -0.2) is 88.0 Å². The average molecular weight is 677 g/mol. The topological polar surface area (TPSA) is 71.0 Å². The smallest absolute Gasteiger partial charge is 0.417 e. The lowest BCUT2D eigenvalue weighted by Gasteiger charge is -2.50. The van der Waals surface area contributed by atoms with Gasteiger partial charge in [0.15, 0.2) is 5.82 Å². The van der Waals surface area contributed by atoms with E-state index in [9.17, 15) is 22.4 Å². The molecule has 4 fully saturated rings. The van der Waals surface area contributed by atoms with E-state index in [4.69, 9.17) is 9.47 Å². The second-order valence-corrected chi connectivity index (χ2v) is 14.0. The number of aromatic nitrogens is 2. The van der Waals surface area contributed by atoms with Crippen molar-refractivity contribution in [2.45, 2.75) is 94.9 Å². The minimum absolute atomic E-state index is 0.0828. The van der Waals surface area contributed by atoms with Crippen molar-refractivity contribution >= 4 is 38.7 Å². The summed E-state index contributed by atoms with van der Waals surface area (Å²) in [5.74, 6) is -1.07. The SMILES string of the molecule is CC(C)(C)OC(=O)N1C2CCCC1CN(c1nc(OC[C@@]34CCCN3C[C@H](F)C4)nc3c(F)c(Br)c(C(F)(F)F)cc13)C2. The van der Waals surface area contributed by atoms with Crippen molar-refractivity contribution in [3.8, 4) is 6.01 Å². The maximum atomic E-state index is 15.6. The van der Waals surface area contributed by atoms with E-state index < -0.39 is 45.4 Å². The molecule has 2 unspecified atom stereocenters. The van der Waals surface area contributed by atoms with Crippen molar-refractivity contribution in [2.24, 2.45) is 0 Å². The number of halogens is 6. The second-order valence-electron chi connectivity index (χ2n) is 13.2. The fraction of sp³-hybridized carbons (Fsp3) is 0.690. The second kappa shape index (κ2) is 10.8. The van der Waals surface area contributed by atoms with Crippen molar-refractivity contribution in [3.63, 3.8) is 0 Å². The molecule has 0 saturated carbocycles. The number of piperazine rings is 1. The summed E-state index contributed by atoms with van der Waals surface area (Å²) >= 11 is 2.79. The van der Waals surface area contributed by atoms with E-state index in [0.29, 0.717) is 25.8 Å². The Labute approximate surface area is 255 Å². The predicted octanol–water partition coefficient (Wildman–Crippen LogP) is 6.48. The standard InChI is InChI=1S/C29H35BrF5N5O3/c1-27(2,3)43-26(41)40-17-6-4-7-18(40)14-38(13-17)24-19-10-20(29(33,34)35)21(30)22(32)23(19)36-25(37-24)42-15-28-8-5-9-39(28)12-16(31)11-28/h10,16-18H,4-9,11-15H2,1-3H3/t16-,17?,18?,28+/m1/s1. The summed E-state index contributed by atoms with van der Waals surface area (Å²) < 4.78 is 82.8. The summed E-state index contributed by atoms with van der Waals surface area (Å²) in [4.78, 5) is 27.5. The molecule has 2 aromatic rings. The Morgan fingerprint density at radius 1 is 1.12 bits per heavy atom. The van der Waals surface area contributed by atoms with Gasteiger partial charge in [0, 0.05) is 31.4 Å². The molecule has 43 heavy (non-hydrogen) atoms. The van der Waals surface area contributed by atoms with Gasteiger partial charge in [0.25, 0.3) is 0 Å². The van der Waals surface area contributed by atoms with E-state index >= 15 is 4.39 Å². The summed E-state index contributed by atoms with van der Waals surface area (Å²) in [5.41, 5.74) is -2.70. The van der Waals surface area contributed by atoms with Gasteiger partial charge < -0.3 is 14.4 Å². The molecule has 1 aromatic heterocycles. The third kappa shape index (κ3) is 5.73. The number of nitrogens with zero attached hydrogens (tertiary/aromatic N) is 5. The van der Waals surface area contributed by atoms with Crippen molar-refractivity contribution < 1.29 is 36.2 Å². The monoisotopic (exact) mass is 675 g/mol. The Balaban J connectivity index is 1.38. The number of carbonyl (C=O) groups excluding carboxylic acids is 1. The fourth-order valence-electron chi connectivity index (χ4n) is 7.22. The van der Waals surface area contributed by atoms with Crippen LogP contribution in [0, 0.1) is 5.82 Å². The van der Waals surface area contributed by atoms with Crippen LogP contribution in [0.1, 0.15) is 64.9 Å². The van der Waals surface area contributed by atoms with Gasteiger partial charge in [-0.25, -0.2) is 13.6 Å². The molecule has 0 spiro atoms. The third-order valence-electron chi connectivity index (χ3n) is 8.99. The molecule has 0 radical (unpaired) electrons. The number of amides is 1. The first-order valence-electron chi connectivity index (χ1n) is 14.7. The highest BCUT2D eigenvalue weighted by molar-refractivity contribution is 9.10. The first-order valence-corrected chi connectivity index (χ1v) is 15.5. The molecule has 4 atom stereocenters. The van der Waals surface area contributed by atoms with Gasteiger partial charge in [-0.05, 0) is 81.4 Å². The molecule has 5 heterocycles. The quantitative estimate of drug-likeness (QED) is 0.344. The number of fused-ring (bicyclic) bond motifs is 4. The number of ether oxygens (including phenoxy) is 2. The van der Waals surface area contributed by atoms with Crippen LogP contribution in [-0.2, 0) is 10.9 Å². The molecule has 0 N–H and O–H groups in total. The van der Waals surface area contributed by atoms with Crippen molar-refractivity contribution in [1.29, 1.82) is 0 Å². The minimum atomic E-state index is -4.83. The summed E-state index contributed by atoms with van der Waals surface area (Å²) in [5, 5.41) is -0.102. The molecule has 2 bridgehead atoms. The summed E-state index contributed by atoms with van der Waals surface area (Å²) in [6.07, 6.45) is -2.08. The zero-order chi connectivity index (χ0) is 30.9. The van der Waals surface area contributed by atoms with Crippen LogP contribution >= 0.6 is 15.9 Å². The maximum Gasteiger partial charge on any atom is 0.417 e. The van der Waals surface area contributed by atoms with Crippen LogP contribution in [0.3, 0.4) is 0 Å². The van der Waals surface area contributed by atoms with Crippen LogP contribution in [0.4, 0.5) is 32.6 Å². The molecule has 0 aliphatic carbocycles. The molecule has 4 aliphatic rings. The van der Waals surface area contributed by atoms with Crippen LogP contribution in [0.2, 0.25) is 0 Å². The molecular formula is C29H35BrF5N5O3. The fourth-order valence-corrected chi connectivity index (χ4v) is 7.75. The number of carbonyl (C=O) groups is 1. The first kappa shape index (κ1) is 30.5. The van der Waals surface area contributed by atoms with Gasteiger partial charge in [-0.1, -0.05) is 0 Å². The Morgan fingerprint density at radius 2 is 1.81 bits per heavy atom. The number of anilines is 1. The number of piperidine rings is 1. The van der Waals surface area contributed by atoms with Crippen LogP contribution in [0.15, 0.2) is 10.5 Å². The molecule has 8 nitrogen and oxygen atoms in total. The van der Waals surface area contributed by atoms with Crippen molar-refractivity contribution in [3.05, 3.63) is 21.9 Å². The summed E-state index contributed by atoms with van der Waals surface area (Å²) in [7, 11) is 0. The highest BCUT2D eigenvalue weighted by atomic mass is 79.9. The summed E-state index contributed by atoms with van der Waals surface area (Å²) in [6, 6.07) is 0.131. The Kier molecular flexibility index (Phi) is 7.71. The molecule has 1 aromatic carbocycles. The van der Waals surface area contributed by atoms with E-state index in [1.54, 1.807) is 30.6 Å². The van der Waals surface area contributed by atoms with E-state index in [2.05, 4.69) is 30.8 Å². The lowest BCUT2D eigenvalue weighted by Crippen LogP contribution is -2.63. The van der Waals surface area contributed by atoms with Gasteiger partial charge >= 0.3 is 18.3 Å². The number of rotatable bonds is 4. The van der Waals surface area contributed by atoms with E-state index in [0.717, 1.165) is 31.9 Å². The highest BCUT2D eigenvalue weighted by Gasteiger charge is 2.50. The number of benzene rings is 1. The van der Waals surface area contributed by atoms with Crippen LogP contribution in [0.25, 0.3) is 10.9 Å². The van der Waals surface area contributed by atoms with Crippen LogP contribution < -0.4 is 9.64 Å². The molecule has 236 valence electrons. The van der Waals surface area contributed by atoms with E-state index in [1.165, 1.54) is 0 Å². The lowest BCUT2D eigenvalue weighted by molar-refractivity contribution is -0.138. The van der Waals surface area contributed by atoms with Gasteiger partial charge in [0.2, 0.25) is 0 Å². The molecule has 6 rings (SSSR count). The number of alkyl halides is 4. The van der Waals surface area contributed by atoms with Gasteiger partial charge in [-0.2, -0.15) is 23.1 Å². The molecule has 14 heteroatoms. The normalized spacial score (nSPS) is 28.0. The maximum absolute atomic E-state index is 15.6. The zero-order valence-corrected chi connectivity index (χ0v) is 25.9. The van der Waals surface area contributed by atoms with E-state index in [-0.39, 0.29) is 54.5 Å². The Morgan fingerprint density at radius 3 is 2.47 bits per heavy atom. The van der Waals surface area contributed by atoms with Gasteiger partial charge in [0.05, 0.1) is 27.7 Å². The average Bonchev–Trinajstić information content (AvgIpc) is 3.42. The van der Waals surface area contributed by atoms with Gasteiger partial charge in [-0.15, -0.1) is 0 Å². The first-order chi connectivity index (χ1) is 20.1. The number of hydrogen-bond donors (Lipinski definition) is 0. The largest absolute Gasteiger partial charge is 0.461 e. The third-order valence-corrected chi connectivity index (χ3v) is 9.77. The van der Waals surface area contributed by atoms with Crippen molar-refractivity contribution in [1.82, 2.24) is 19.8 Å². The highest BCUT2D eigenvalue weighted by Crippen LogP contribution is 2.44. The van der Waals surface area contributed by atoms with E-state index in [1.807, 2.05) is 0 Å². The minimum Gasteiger partial charge on any atom is -0.461 e. The van der Waals surface area contributed by atoms with Gasteiger partial charge in [0.1, 0.15) is 29.7 Å². The summed E-state index contributed by atoms with van der Waals surface area (Å²) in [6.45, 7) is 7.06. The lowest BCUT2D eigenvalue weighted by atomic mass is 9.91. The Bertz CT molecular complexity index is 1410. The van der Waals surface area contributed by atoms with Crippen molar-refractivity contribution in [2.75, 3.05) is 37.7 Å². The number of hydrogen-bond acceptors (Lipinski definition) is 7. The van der Waals surface area contributed by atoms with Gasteiger partial charge in [-0.3, -0.25) is 9.80 Å². The Hall–Kier alpha value is -2.48. The van der Waals surface area contributed by atoms with Crippen LogP contribution in [0.5, 0.6) is 6.01 Å². The molecule has 1 amide bonds. The zero-order valence-electron chi connectivity index (χ0n) is 24.3. The molecule has 4 aliphatic heterocycles. The molecular weight excluding hydrogens is 641 g/mol. The molecule has 4 saturated heterocycles. The predicted molar refractivity (Wildman–Crippen MR) is 152 cm³/mol.